The highest BCUT2D eigenvalue weighted by Crippen LogP contribution is 2.33. The third-order valence-corrected chi connectivity index (χ3v) is 6.75. The third-order valence-electron chi connectivity index (χ3n) is 6.50. The molecule has 2 aliphatic heterocycles. The summed E-state index contributed by atoms with van der Waals surface area (Å²) < 4.78 is 13.3. The minimum Gasteiger partial charge on any atom is -0.495 e. The second-order valence-electron chi connectivity index (χ2n) is 8.50. The Bertz CT molecular complexity index is 1050. The monoisotopic (exact) mass is 468 g/mol. The lowest BCUT2D eigenvalue weighted by Gasteiger charge is -2.40. The Balaban J connectivity index is 1.40. The Morgan fingerprint density at radius 2 is 1.88 bits per heavy atom. The lowest BCUT2D eigenvalue weighted by Crippen LogP contribution is -2.48. The van der Waals surface area contributed by atoms with E-state index in [1.165, 1.54) is 0 Å². The Labute approximate surface area is 199 Å². The second-order valence-corrected chi connectivity index (χ2v) is 8.94. The molecule has 8 nitrogen and oxygen atoms in total. The van der Waals surface area contributed by atoms with Crippen LogP contribution in [0.4, 0.5) is 5.69 Å². The highest BCUT2D eigenvalue weighted by molar-refractivity contribution is 6.30. The van der Waals surface area contributed by atoms with Gasteiger partial charge in [-0.15, -0.1) is 5.10 Å². The van der Waals surface area contributed by atoms with E-state index in [9.17, 15) is 0 Å². The molecule has 1 aromatic heterocycles. The van der Waals surface area contributed by atoms with Gasteiger partial charge in [-0.3, -0.25) is 4.90 Å². The topological polar surface area (TPSA) is 68.5 Å². The van der Waals surface area contributed by atoms with Crippen LogP contribution in [0.25, 0.3) is 0 Å². The van der Waals surface area contributed by atoms with E-state index in [0.717, 1.165) is 73.5 Å². The predicted octanol–water partition coefficient (Wildman–Crippen LogP) is 3.43. The van der Waals surface area contributed by atoms with E-state index >= 15 is 0 Å². The average Bonchev–Trinajstić information content (AvgIpc) is 3.54. The number of ether oxygens (including phenoxy) is 2. The van der Waals surface area contributed by atoms with Crippen LogP contribution < -0.4 is 9.64 Å². The van der Waals surface area contributed by atoms with Crippen molar-refractivity contribution in [2.24, 2.45) is 0 Å². The molecule has 2 aliphatic rings. The molecule has 0 radical (unpaired) electrons. The molecular formula is C24H29ClN6O2. The summed E-state index contributed by atoms with van der Waals surface area (Å²) in [4.78, 5) is 4.83. The summed E-state index contributed by atoms with van der Waals surface area (Å²) >= 11 is 6.19. The molecular weight excluding hydrogens is 440 g/mol. The molecule has 2 fully saturated rings. The molecule has 3 heterocycles. The van der Waals surface area contributed by atoms with Crippen molar-refractivity contribution >= 4 is 17.3 Å². The number of piperazine rings is 1. The fourth-order valence-electron chi connectivity index (χ4n) is 4.80. The number of anilines is 1. The molecule has 0 bridgehead atoms. The van der Waals surface area contributed by atoms with Gasteiger partial charge in [-0.05, 0) is 53.1 Å². The van der Waals surface area contributed by atoms with Gasteiger partial charge in [0.25, 0.3) is 0 Å². The summed E-state index contributed by atoms with van der Waals surface area (Å²) in [5, 5.41) is 13.6. The van der Waals surface area contributed by atoms with Crippen LogP contribution in [0.1, 0.15) is 30.3 Å². The van der Waals surface area contributed by atoms with E-state index in [-0.39, 0.29) is 12.1 Å². The second kappa shape index (κ2) is 10.1. The zero-order valence-corrected chi connectivity index (χ0v) is 19.6. The molecule has 9 heteroatoms. The average molecular weight is 469 g/mol. The summed E-state index contributed by atoms with van der Waals surface area (Å²) in [5.74, 6) is 1.75. The first-order chi connectivity index (χ1) is 16.2. The number of methoxy groups -OCH3 is 1. The van der Waals surface area contributed by atoms with Gasteiger partial charge in [-0.1, -0.05) is 35.9 Å². The van der Waals surface area contributed by atoms with Crippen LogP contribution in [0, 0.1) is 0 Å². The molecule has 174 valence electrons. The van der Waals surface area contributed by atoms with E-state index in [2.05, 4.69) is 49.6 Å². The number of para-hydroxylation sites is 2. The molecule has 0 spiro atoms. The Morgan fingerprint density at radius 3 is 2.61 bits per heavy atom. The third kappa shape index (κ3) is 4.83. The van der Waals surface area contributed by atoms with Crippen molar-refractivity contribution in [3.05, 3.63) is 64.9 Å². The maximum atomic E-state index is 6.19. The zero-order valence-electron chi connectivity index (χ0n) is 18.8. The van der Waals surface area contributed by atoms with Crippen molar-refractivity contribution in [3.8, 4) is 5.75 Å². The maximum Gasteiger partial charge on any atom is 0.173 e. The molecule has 0 saturated carbocycles. The highest BCUT2D eigenvalue weighted by Gasteiger charge is 2.32. The summed E-state index contributed by atoms with van der Waals surface area (Å²) in [7, 11) is 1.72. The van der Waals surface area contributed by atoms with Crippen molar-refractivity contribution in [1.29, 1.82) is 0 Å². The van der Waals surface area contributed by atoms with Crippen LogP contribution >= 0.6 is 11.6 Å². The fourth-order valence-corrected chi connectivity index (χ4v) is 4.92. The van der Waals surface area contributed by atoms with Crippen LogP contribution in [-0.2, 0) is 11.3 Å². The van der Waals surface area contributed by atoms with E-state index in [4.69, 9.17) is 21.1 Å². The van der Waals surface area contributed by atoms with Gasteiger partial charge in [0.2, 0.25) is 0 Å². The van der Waals surface area contributed by atoms with E-state index in [0.29, 0.717) is 6.54 Å². The maximum absolute atomic E-state index is 6.19. The van der Waals surface area contributed by atoms with E-state index < -0.39 is 0 Å². The molecule has 2 atom stereocenters. The van der Waals surface area contributed by atoms with Crippen molar-refractivity contribution in [1.82, 2.24) is 25.1 Å². The molecule has 0 N–H and O–H groups in total. The fraction of sp³-hybridized carbons (Fsp3) is 0.458. The first-order valence-electron chi connectivity index (χ1n) is 11.5. The standard InChI is InChI=1S/C24H29ClN6O2/c1-32-22-7-3-2-6-21(22)29-12-14-30(15-13-29)23(18-8-10-19(25)11-9-18)24-26-27-28-31(24)17-20-5-4-16-33-20/h2-3,6-11,20,23H,4-5,12-17H2,1H3/t20-,23-/m1/s1. The van der Waals surface area contributed by atoms with Gasteiger partial charge >= 0.3 is 0 Å². The predicted molar refractivity (Wildman–Crippen MR) is 127 cm³/mol. The molecule has 0 aliphatic carbocycles. The summed E-state index contributed by atoms with van der Waals surface area (Å²) in [5.41, 5.74) is 2.26. The lowest BCUT2D eigenvalue weighted by atomic mass is 10.0. The quantitative estimate of drug-likeness (QED) is 0.526. The first kappa shape index (κ1) is 22.1. The van der Waals surface area contributed by atoms with Crippen molar-refractivity contribution in [3.63, 3.8) is 0 Å². The Hall–Kier alpha value is -2.68. The molecule has 33 heavy (non-hydrogen) atoms. The molecule has 0 unspecified atom stereocenters. The number of hydrogen-bond donors (Lipinski definition) is 0. The van der Waals surface area contributed by atoms with Gasteiger partial charge in [0.1, 0.15) is 5.75 Å². The first-order valence-corrected chi connectivity index (χ1v) is 11.9. The Kier molecular flexibility index (Phi) is 6.75. The van der Waals surface area contributed by atoms with Crippen LogP contribution in [-0.4, -0.2) is 71.1 Å². The normalized spacial score (nSPS) is 20.2. The molecule has 3 aromatic rings. The summed E-state index contributed by atoms with van der Waals surface area (Å²) in [6.07, 6.45) is 2.30. The van der Waals surface area contributed by atoms with Crippen molar-refractivity contribution in [2.75, 3.05) is 44.8 Å². The highest BCUT2D eigenvalue weighted by atomic mass is 35.5. The van der Waals surface area contributed by atoms with Crippen molar-refractivity contribution in [2.45, 2.75) is 31.5 Å². The molecule has 2 saturated heterocycles. The van der Waals surface area contributed by atoms with Gasteiger partial charge in [-0.25, -0.2) is 4.68 Å². The van der Waals surface area contributed by atoms with Crippen molar-refractivity contribution < 1.29 is 9.47 Å². The number of tetrazole rings is 1. The zero-order chi connectivity index (χ0) is 22.6. The SMILES string of the molecule is COc1ccccc1N1CCN([C@H](c2ccc(Cl)cc2)c2nnnn2C[C@H]2CCCO2)CC1. The smallest absolute Gasteiger partial charge is 0.173 e. The number of rotatable bonds is 7. The molecule has 2 aromatic carbocycles. The minimum atomic E-state index is -0.0570. The molecule has 0 amide bonds. The summed E-state index contributed by atoms with van der Waals surface area (Å²) in [6, 6.07) is 16.1. The number of hydrogen-bond acceptors (Lipinski definition) is 7. The lowest BCUT2D eigenvalue weighted by molar-refractivity contribution is 0.0906. The summed E-state index contributed by atoms with van der Waals surface area (Å²) in [6.45, 7) is 5.01. The van der Waals surface area contributed by atoms with Crippen LogP contribution in [0.2, 0.25) is 5.02 Å². The van der Waals surface area contributed by atoms with Crippen LogP contribution in [0.15, 0.2) is 48.5 Å². The van der Waals surface area contributed by atoms with Gasteiger partial charge < -0.3 is 14.4 Å². The largest absolute Gasteiger partial charge is 0.495 e. The van der Waals surface area contributed by atoms with Crippen LogP contribution in [0.3, 0.4) is 0 Å². The van der Waals surface area contributed by atoms with Gasteiger partial charge in [0.05, 0.1) is 31.5 Å². The van der Waals surface area contributed by atoms with Gasteiger partial charge in [0.15, 0.2) is 5.82 Å². The van der Waals surface area contributed by atoms with E-state index in [1.807, 2.05) is 28.9 Å². The van der Waals surface area contributed by atoms with Gasteiger partial charge in [-0.2, -0.15) is 0 Å². The number of nitrogens with zero attached hydrogens (tertiary/aromatic N) is 6. The molecule has 5 rings (SSSR count). The van der Waals surface area contributed by atoms with Crippen LogP contribution in [0.5, 0.6) is 5.75 Å². The number of aromatic nitrogens is 4. The number of benzene rings is 2. The van der Waals surface area contributed by atoms with Gasteiger partial charge in [0, 0.05) is 37.8 Å². The Morgan fingerprint density at radius 1 is 1.09 bits per heavy atom. The minimum absolute atomic E-state index is 0.0570. The van der Waals surface area contributed by atoms with E-state index in [1.54, 1.807) is 7.11 Å². The number of halogens is 1.